The molecule has 4 nitrogen and oxygen atoms in total. The molecule has 1 heterocycles. The van der Waals surface area contributed by atoms with Crippen molar-refractivity contribution in [2.75, 3.05) is 0 Å². The zero-order chi connectivity index (χ0) is 5.98. The zero-order valence-electron chi connectivity index (χ0n) is 4.38. The Morgan fingerprint density at radius 1 is 1.88 bits per heavy atom. The van der Waals surface area contributed by atoms with Crippen molar-refractivity contribution in [1.82, 2.24) is 10.2 Å². The lowest BCUT2D eigenvalue weighted by Gasteiger charge is -1.76. The molecular weight excluding hydrogens is 106 g/mol. The van der Waals surface area contributed by atoms with Gasteiger partial charge in [-0.25, -0.2) is 0 Å². The molecular formula is C4H5N3O. The van der Waals surface area contributed by atoms with Crippen molar-refractivity contribution >= 4 is 5.69 Å². The summed E-state index contributed by atoms with van der Waals surface area (Å²) in [5, 5.41) is 8.84. The van der Waals surface area contributed by atoms with Crippen molar-refractivity contribution in [2.24, 2.45) is 5.18 Å². The molecule has 1 rings (SSSR count). The van der Waals surface area contributed by atoms with E-state index in [0.29, 0.717) is 11.4 Å². The van der Waals surface area contributed by atoms with Gasteiger partial charge in [0.15, 0.2) is 0 Å². The first-order valence-electron chi connectivity index (χ1n) is 2.18. The molecule has 1 aromatic heterocycles. The first kappa shape index (κ1) is 4.96. The van der Waals surface area contributed by atoms with E-state index in [4.69, 9.17) is 0 Å². The van der Waals surface area contributed by atoms with Gasteiger partial charge in [-0.05, 0) is 12.1 Å². The number of hydrogen-bond donors (Lipinski definition) is 1. The van der Waals surface area contributed by atoms with Crippen molar-refractivity contribution in [1.29, 1.82) is 0 Å². The van der Waals surface area contributed by atoms with Gasteiger partial charge in [0.2, 0.25) is 0 Å². The summed E-state index contributed by atoms with van der Waals surface area (Å²) >= 11 is 0. The molecule has 0 fully saturated rings. The summed E-state index contributed by atoms with van der Waals surface area (Å²) in [4.78, 5) is 9.78. The summed E-state index contributed by atoms with van der Waals surface area (Å²) in [5.74, 6) is 0. The van der Waals surface area contributed by atoms with Crippen molar-refractivity contribution in [3.63, 3.8) is 0 Å². The predicted octanol–water partition coefficient (Wildman–Crippen LogP) is 1.12. The Labute approximate surface area is 45.9 Å². The van der Waals surface area contributed by atoms with Gasteiger partial charge in [0.25, 0.3) is 0 Å². The molecule has 42 valence electrons. The van der Waals surface area contributed by atoms with Crippen LogP contribution >= 0.6 is 0 Å². The van der Waals surface area contributed by atoms with Crippen LogP contribution in [-0.2, 0) is 0 Å². The van der Waals surface area contributed by atoms with Crippen LogP contribution in [0.4, 0.5) is 5.69 Å². The van der Waals surface area contributed by atoms with Crippen LogP contribution in [0.15, 0.2) is 11.4 Å². The van der Waals surface area contributed by atoms with Crippen LogP contribution in [0, 0.1) is 11.8 Å². The van der Waals surface area contributed by atoms with Gasteiger partial charge in [-0.15, -0.1) is 4.91 Å². The molecule has 1 N–H and O–H groups in total. The van der Waals surface area contributed by atoms with E-state index in [1.54, 1.807) is 6.92 Å². The normalized spacial score (nSPS) is 9.12. The Kier molecular flexibility index (Phi) is 1.07. The molecule has 0 aliphatic carbocycles. The van der Waals surface area contributed by atoms with E-state index in [1.165, 1.54) is 6.20 Å². The number of H-pyrrole nitrogens is 1. The van der Waals surface area contributed by atoms with Crippen LogP contribution in [0.3, 0.4) is 0 Å². The van der Waals surface area contributed by atoms with Crippen LogP contribution in [0.2, 0.25) is 0 Å². The highest BCUT2D eigenvalue weighted by Crippen LogP contribution is 2.11. The summed E-state index contributed by atoms with van der Waals surface area (Å²) < 4.78 is 0. The minimum absolute atomic E-state index is 0.380. The van der Waals surface area contributed by atoms with Gasteiger partial charge < -0.3 is 0 Å². The van der Waals surface area contributed by atoms with Crippen LogP contribution in [0.1, 0.15) is 5.69 Å². The van der Waals surface area contributed by atoms with E-state index in [0.717, 1.165) is 0 Å². The van der Waals surface area contributed by atoms with Crippen molar-refractivity contribution < 1.29 is 0 Å². The second kappa shape index (κ2) is 1.73. The third-order valence-corrected chi connectivity index (χ3v) is 0.902. The number of rotatable bonds is 1. The Morgan fingerprint density at radius 2 is 2.62 bits per heavy atom. The van der Waals surface area contributed by atoms with E-state index >= 15 is 0 Å². The quantitative estimate of drug-likeness (QED) is 0.552. The van der Waals surface area contributed by atoms with Crippen LogP contribution < -0.4 is 0 Å². The van der Waals surface area contributed by atoms with Crippen LogP contribution in [0.25, 0.3) is 0 Å². The molecule has 0 amide bonds. The van der Waals surface area contributed by atoms with Gasteiger partial charge in [0, 0.05) is 0 Å². The molecule has 0 aliphatic heterocycles. The number of aryl methyl sites for hydroxylation is 1. The van der Waals surface area contributed by atoms with Crippen LogP contribution in [-0.4, -0.2) is 10.2 Å². The fraction of sp³-hybridized carbons (Fsp3) is 0.250. The third kappa shape index (κ3) is 0.598. The minimum Gasteiger partial charge on any atom is -0.280 e. The Balaban J connectivity index is 3.09. The van der Waals surface area contributed by atoms with Crippen LogP contribution in [0.5, 0.6) is 0 Å². The maximum absolute atomic E-state index is 9.78. The Hall–Kier alpha value is -1.19. The molecule has 0 spiro atoms. The second-order valence-corrected chi connectivity index (χ2v) is 1.47. The number of nitrogens with zero attached hydrogens (tertiary/aromatic N) is 2. The first-order valence-corrected chi connectivity index (χ1v) is 2.18. The highest BCUT2D eigenvalue weighted by molar-refractivity contribution is 5.37. The largest absolute Gasteiger partial charge is 0.280 e. The summed E-state index contributed by atoms with van der Waals surface area (Å²) in [7, 11) is 0. The molecule has 0 saturated heterocycles. The lowest BCUT2D eigenvalue weighted by atomic mass is 10.4. The summed E-state index contributed by atoms with van der Waals surface area (Å²) in [6.07, 6.45) is 1.39. The van der Waals surface area contributed by atoms with Gasteiger partial charge >= 0.3 is 0 Å². The van der Waals surface area contributed by atoms with Gasteiger partial charge in [0.1, 0.15) is 5.69 Å². The standard InChI is InChI=1S/C4H5N3O/c1-3-4(7-8)2-5-6-3/h2H,1H3,(H,5,6). The third-order valence-electron chi connectivity index (χ3n) is 0.902. The Morgan fingerprint density at radius 3 is 2.88 bits per heavy atom. The maximum Gasteiger partial charge on any atom is 0.148 e. The number of nitroso groups, excluding NO2 is 1. The van der Waals surface area contributed by atoms with E-state index in [9.17, 15) is 4.91 Å². The molecule has 0 aromatic carbocycles. The number of hydrogen-bond acceptors (Lipinski definition) is 3. The molecule has 4 heteroatoms. The van der Waals surface area contributed by atoms with Crippen molar-refractivity contribution in [3.8, 4) is 0 Å². The molecule has 0 unspecified atom stereocenters. The molecule has 0 saturated carbocycles. The highest BCUT2D eigenvalue weighted by Gasteiger charge is 1.95. The van der Waals surface area contributed by atoms with E-state index in [1.807, 2.05) is 0 Å². The van der Waals surface area contributed by atoms with E-state index < -0.39 is 0 Å². The lowest BCUT2D eigenvalue weighted by Crippen LogP contribution is -1.67. The maximum atomic E-state index is 9.78. The molecule has 0 aliphatic rings. The topological polar surface area (TPSA) is 58.1 Å². The summed E-state index contributed by atoms with van der Waals surface area (Å²) in [5.41, 5.74) is 1.09. The average molecular weight is 111 g/mol. The molecule has 0 atom stereocenters. The fourth-order valence-electron chi connectivity index (χ4n) is 0.436. The first-order chi connectivity index (χ1) is 3.84. The number of nitrogens with one attached hydrogen (secondary N) is 1. The fourth-order valence-corrected chi connectivity index (χ4v) is 0.436. The van der Waals surface area contributed by atoms with Crippen molar-refractivity contribution in [3.05, 3.63) is 16.8 Å². The van der Waals surface area contributed by atoms with Gasteiger partial charge in [-0.1, -0.05) is 0 Å². The van der Waals surface area contributed by atoms with Gasteiger partial charge in [0.05, 0.1) is 11.9 Å². The number of aromatic amines is 1. The minimum atomic E-state index is 0.380. The van der Waals surface area contributed by atoms with Crippen molar-refractivity contribution in [2.45, 2.75) is 6.92 Å². The van der Waals surface area contributed by atoms with Gasteiger partial charge in [-0.3, -0.25) is 5.10 Å². The predicted molar refractivity (Wildman–Crippen MR) is 28.8 cm³/mol. The molecule has 0 bridgehead atoms. The monoisotopic (exact) mass is 111 g/mol. The molecule has 8 heavy (non-hydrogen) atoms. The summed E-state index contributed by atoms with van der Waals surface area (Å²) in [6, 6.07) is 0. The Bertz CT molecular complexity index is 193. The SMILES string of the molecule is Cc1[nH]ncc1N=O. The lowest BCUT2D eigenvalue weighted by molar-refractivity contribution is 1.05. The van der Waals surface area contributed by atoms with E-state index in [2.05, 4.69) is 15.4 Å². The van der Waals surface area contributed by atoms with Gasteiger partial charge in [-0.2, -0.15) is 5.10 Å². The average Bonchev–Trinajstić information content (AvgIpc) is 2.14. The molecule has 1 aromatic rings. The number of aromatic nitrogens is 2. The zero-order valence-corrected chi connectivity index (χ0v) is 4.38. The second-order valence-electron chi connectivity index (χ2n) is 1.47. The highest BCUT2D eigenvalue weighted by atomic mass is 16.3. The smallest absolute Gasteiger partial charge is 0.148 e. The van der Waals surface area contributed by atoms with E-state index in [-0.39, 0.29) is 0 Å². The summed E-state index contributed by atoms with van der Waals surface area (Å²) in [6.45, 7) is 1.74. The molecule has 0 radical (unpaired) electrons.